The lowest BCUT2D eigenvalue weighted by Crippen LogP contribution is -2.12. The van der Waals surface area contributed by atoms with Gasteiger partial charge < -0.3 is 10.2 Å². The summed E-state index contributed by atoms with van der Waals surface area (Å²) >= 11 is 0. The molecule has 0 amide bonds. The molecule has 0 saturated heterocycles. The van der Waals surface area contributed by atoms with Crippen LogP contribution in [-0.2, 0) is 6.54 Å². The predicted molar refractivity (Wildman–Crippen MR) is 79.3 cm³/mol. The Morgan fingerprint density at radius 3 is 2.47 bits per heavy atom. The Labute approximate surface area is 114 Å². The van der Waals surface area contributed by atoms with E-state index in [9.17, 15) is 0 Å². The largest absolute Gasteiger partial charge is 0.379 e. The zero-order chi connectivity index (χ0) is 13.7. The van der Waals surface area contributed by atoms with Crippen LogP contribution in [0.25, 0.3) is 0 Å². The van der Waals surface area contributed by atoms with Crippen molar-refractivity contribution in [3.05, 3.63) is 59.7 Å². The molecule has 0 heterocycles. The average molecular weight is 251 g/mol. The van der Waals surface area contributed by atoms with Gasteiger partial charge in [-0.3, -0.25) is 0 Å². The second-order valence-electron chi connectivity index (χ2n) is 4.53. The Hall–Kier alpha value is -2.47. The van der Waals surface area contributed by atoms with E-state index in [2.05, 4.69) is 22.4 Å². The van der Waals surface area contributed by atoms with Gasteiger partial charge >= 0.3 is 0 Å². The lowest BCUT2D eigenvalue weighted by Gasteiger charge is -2.18. The maximum absolute atomic E-state index is 9.07. The molecule has 0 radical (unpaired) electrons. The van der Waals surface area contributed by atoms with E-state index in [1.165, 1.54) is 0 Å². The van der Waals surface area contributed by atoms with Crippen molar-refractivity contribution in [1.29, 1.82) is 5.26 Å². The molecule has 0 spiro atoms. The van der Waals surface area contributed by atoms with E-state index in [-0.39, 0.29) is 0 Å². The van der Waals surface area contributed by atoms with Crippen molar-refractivity contribution in [3.8, 4) is 6.07 Å². The summed E-state index contributed by atoms with van der Waals surface area (Å²) in [4.78, 5) is 2.07. The lowest BCUT2D eigenvalue weighted by atomic mass is 10.1. The van der Waals surface area contributed by atoms with Crippen molar-refractivity contribution in [2.75, 3.05) is 24.3 Å². The third kappa shape index (κ3) is 3.05. The number of nitrogens with zero attached hydrogens (tertiary/aromatic N) is 2. The van der Waals surface area contributed by atoms with Gasteiger partial charge in [0.2, 0.25) is 0 Å². The zero-order valence-corrected chi connectivity index (χ0v) is 11.2. The third-order valence-electron chi connectivity index (χ3n) is 2.99. The van der Waals surface area contributed by atoms with Gasteiger partial charge in [0.1, 0.15) is 0 Å². The highest BCUT2D eigenvalue weighted by molar-refractivity contribution is 5.69. The SMILES string of the molecule is CN(C)c1ccccc1NCc1ccccc1C#N. The molecular formula is C16H17N3. The molecular weight excluding hydrogens is 234 g/mol. The molecule has 0 fully saturated rings. The van der Waals surface area contributed by atoms with Crippen molar-refractivity contribution in [2.45, 2.75) is 6.54 Å². The molecule has 0 aliphatic carbocycles. The van der Waals surface area contributed by atoms with Gasteiger partial charge in [0, 0.05) is 20.6 Å². The third-order valence-corrected chi connectivity index (χ3v) is 2.99. The average Bonchev–Trinajstić information content (AvgIpc) is 2.45. The van der Waals surface area contributed by atoms with Crippen LogP contribution in [0.2, 0.25) is 0 Å². The van der Waals surface area contributed by atoms with Crippen LogP contribution in [0.5, 0.6) is 0 Å². The lowest BCUT2D eigenvalue weighted by molar-refractivity contribution is 1.10. The monoisotopic (exact) mass is 251 g/mol. The van der Waals surface area contributed by atoms with Gasteiger partial charge in [-0.25, -0.2) is 0 Å². The summed E-state index contributed by atoms with van der Waals surface area (Å²) in [5.74, 6) is 0. The first-order chi connectivity index (χ1) is 9.22. The minimum atomic E-state index is 0.647. The Bertz CT molecular complexity index is 597. The summed E-state index contributed by atoms with van der Waals surface area (Å²) in [5, 5.41) is 12.5. The van der Waals surface area contributed by atoms with Gasteiger partial charge in [-0.05, 0) is 23.8 Å². The van der Waals surface area contributed by atoms with E-state index < -0.39 is 0 Å². The molecule has 19 heavy (non-hydrogen) atoms. The number of nitriles is 1. The van der Waals surface area contributed by atoms with Crippen molar-refractivity contribution in [2.24, 2.45) is 0 Å². The molecule has 0 bridgehead atoms. The molecule has 0 saturated carbocycles. The molecule has 2 rings (SSSR count). The zero-order valence-electron chi connectivity index (χ0n) is 11.2. The van der Waals surface area contributed by atoms with E-state index in [1.54, 1.807) is 0 Å². The minimum Gasteiger partial charge on any atom is -0.379 e. The number of nitrogens with one attached hydrogen (secondary N) is 1. The van der Waals surface area contributed by atoms with Gasteiger partial charge in [-0.2, -0.15) is 5.26 Å². The fourth-order valence-corrected chi connectivity index (χ4v) is 1.99. The van der Waals surface area contributed by atoms with Crippen LogP contribution < -0.4 is 10.2 Å². The summed E-state index contributed by atoms with van der Waals surface area (Å²) in [5.41, 5.74) is 3.94. The minimum absolute atomic E-state index is 0.647. The van der Waals surface area contributed by atoms with Crippen LogP contribution in [0.1, 0.15) is 11.1 Å². The number of rotatable bonds is 4. The molecule has 0 unspecified atom stereocenters. The summed E-state index contributed by atoms with van der Waals surface area (Å²) in [6.45, 7) is 0.647. The van der Waals surface area contributed by atoms with Gasteiger partial charge in [-0.1, -0.05) is 30.3 Å². The fourth-order valence-electron chi connectivity index (χ4n) is 1.99. The number of hydrogen-bond donors (Lipinski definition) is 1. The van der Waals surface area contributed by atoms with E-state index in [0.717, 1.165) is 22.5 Å². The van der Waals surface area contributed by atoms with Crippen LogP contribution in [-0.4, -0.2) is 14.1 Å². The van der Waals surface area contributed by atoms with Crippen LogP contribution in [0.3, 0.4) is 0 Å². The molecule has 0 aromatic heterocycles. The van der Waals surface area contributed by atoms with E-state index in [1.807, 2.05) is 56.6 Å². The van der Waals surface area contributed by atoms with Crippen LogP contribution in [0.15, 0.2) is 48.5 Å². The van der Waals surface area contributed by atoms with Crippen molar-refractivity contribution >= 4 is 11.4 Å². The molecule has 3 nitrogen and oxygen atoms in total. The highest BCUT2D eigenvalue weighted by atomic mass is 15.1. The van der Waals surface area contributed by atoms with Gasteiger partial charge in [-0.15, -0.1) is 0 Å². The maximum atomic E-state index is 9.07. The van der Waals surface area contributed by atoms with Gasteiger partial charge in [0.15, 0.2) is 0 Å². The topological polar surface area (TPSA) is 39.1 Å². The molecule has 2 aromatic rings. The summed E-state index contributed by atoms with van der Waals surface area (Å²) < 4.78 is 0. The summed E-state index contributed by atoms with van der Waals surface area (Å²) in [6, 6.07) is 18.0. The van der Waals surface area contributed by atoms with Crippen LogP contribution >= 0.6 is 0 Å². The Morgan fingerprint density at radius 2 is 1.74 bits per heavy atom. The van der Waals surface area contributed by atoms with E-state index >= 15 is 0 Å². The Kier molecular flexibility index (Phi) is 4.04. The first kappa shape index (κ1) is 13.0. The van der Waals surface area contributed by atoms with Crippen molar-refractivity contribution in [1.82, 2.24) is 0 Å². The fraction of sp³-hybridized carbons (Fsp3) is 0.188. The standard InChI is InChI=1S/C16H17N3/c1-19(2)16-10-6-5-9-15(16)18-12-14-8-4-3-7-13(14)11-17/h3-10,18H,12H2,1-2H3. The number of hydrogen-bond acceptors (Lipinski definition) is 3. The van der Waals surface area contributed by atoms with Gasteiger partial charge in [0.25, 0.3) is 0 Å². The second-order valence-corrected chi connectivity index (χ2v) is 4.53. The second kappa shape index (κ2) is 5.92. The number of para-hydroxylation sites is 2. The quantitative estimate of drug-likeness (QED) is 0.906. The first-order valence-electron chi connectivity index (χ1n) is 6.20. The van der Waals surface area contributed by atoms with Crippen LogP contribution in [0, 0.1) is 11.3 Å². The number of anilines is 2. The molecule has 0 atom stereocenters. The highest BCUT2D eigenvalue weighted by Gasteiger charge is 2.04. The molecule has 3 heteroatoms. The van der Waals surface area contributed by atoms with Crippen molar-refractivity contribution in [3.63, 3.8) is 0 Å². The predicted octanol–water partition coefficient (Wildman–Crippen LogP) is 3.24. The first-order valence-corrected chi connectivity index (χ1v) is 6.20. The Morgan fingerprint density at radius 1 is 1.05 bits per heavy atom. The molecule has 2 aromatic carbocycles. The number of benzene rings is 2. The summed E-state index contributed by atoms with van der Waals surface area (Å²) in [6.07, 6.45) is 0. The molecule has 96 valence electrons. The van der Waals surface area contributed by atoms with E-state index in [0.29, 0.717) is 6.54 Å². The molecule has 1 N–H and O–H groups in total. The van der Waals surface area contributed by atoms with E-state index in [4.69, 9.17) is 5.26 Å². The van der Waals surface area contributed by atoms with Crippen molar-refractivity contribution < 1.29 is 0 Å². The maximum Gasteiger partial charge on any atom is 0.0995 e. The normalized spacial score (nSPS) is 9.74. The molecule has 0 aliphatic rings. The molecule has 0 aliphatic heterocycles. The highest BCUT2D eigenvalue weighted by Crippen LogP contribution is 2.24. The Balaban J connectivity index is 2.18. The van der Waals surface area contributed by atoms with Gasteiger partial charge in [0.05, 0.1) is 23.0 Å². The smallest absolute Gasteiger partial charge is 0.0995 e. The summed E-state index contributed by atoms with van der Waals surface area (Å²) in [7, 11) is 4.04. The van der Waals surface area contributed by atoms with Crippen LogP contribution in [0.4, 0.5) is 11.4 Å².